The molecule has 19 heavy (non-hydrogen) atoms. The van der Waals surface area contributed by atoms with Gasteiger partial charge in [-0.2, -0.15) is 11.8 Å². The van der Waals surface area contributed by atoms with Crippen molar-refractivity contribution in [2.75, 3.05) is 19.1 Å². The fourth-order valence-electron chi connectivity index (χ4n) is 2.78. The Bertz CT molecular complexity index is 356. The topological polar surface area (TPSA) is 46.2 Å². The van der Waals surface area contributed by atoms with Crippen LogP contribution in [-0.2, 0) is 9.84 Å². The van der Waals surface area contributed by atoms with Crippen molar-refractivity contribution in [1.29, 1.82) is 0 Å². The van der Waals surface area contributed by atoms with E-state index in [1.165, 1.54) is 19.1 Å². The van der Waals surface area contributed by atoms with Crippen LogP contribution >= 0.6 is 11.8 Å². The maximum absolute atomic E-state index is 11.7. The Morgan fingerprint density at radius 1 is 1.37 bits per heavy atom. The second kappa shape index (κ2) is 7.89. The summed E-state index contributed by atoms with van der Waals surface area (Å²) in [4.78, 5) is 0. The van der Waals surface area contributed by atoms with Gasteiger partial charge in [0.15, 0.2) is 0 Å². The molecule has 5 heteroatoms. The molecule has 1 N–H and O–H groups in total. The van der Waals surface area contributed by atoms with Crippen LogP contribution in [0.1, 0.15) is 46.0 Å². The van der Waals surface area contributed by atoms with Gasteiger partial charge in [-0.05, 0) is 38.6 Å². The predicted molar refractivity (Wildman–Crippen MR) is 85.6 cm³/mol. The minimum absolute atomic E-state index is 0.115. The minimum Gasteiger partial charge on any atom is -0.316 e. The average molecular weight is 308 g/mol. The molecule has 1 fully saturated rings. The van der Waals surface area contributed by atoms with Gasteiger partial charge >= 0.3 is 0 Å². The lowest BCUT2D eigenvalue weighted by Crippen LogP contribution is -2.41. The van der Waals surface area contributed by atoms with Gasteiger partial charge in [0.1, 0.15) is 9.84 Å². The van der Waals surface area contributed by atoms with E-state index in [0.29, 0.717) is 17.2 Å². The zero-order valence-corrected chi connectivity index (χ0v) is 14.3. The molecule has 0 amide bonds. The van der Waals surface area contributed by atoms with Crippen LogP contribution in [0.3, 0.4) is 0 Å². The van der Waals surface area contributed by atoms with Crippen molar-refractivity contribution in [2.24, 2.45) is 5.92 Å². The summed E-state index contributed by atoms with van der Waals surface area (Å²) in [5.41, 5.74) is 0. The highest BCUT2D eigenvalue weighted by Crippen LogP contribution is 2.32. The monoisotopic (exact) mass is 307 g/mol. The first-order valence-corrected chi connectivity index (χ1v) is 10.4. The van der Waals surface area contributed by atoms with Gasteiger partial charge in [-0.15, -0.1) is 0 Å². The average Bonchev–Trinajstić information content (AvgIpc) is 2.38. The predicted octanol–water partition coefficient (Wildman–Crippen LogP) is 2.71. The summed E-state index contributed by atoms with van der Waals surface area (Å²) in [5, 5.41) is 3.98. The standard InChI is InChI=1S/C14H29NO2S2/c1-5-11(2)18-10-14(15-3)12-7-6-8-13(9-12)19(4,16)17/h11-15H,5-10H2,1-4H3. The zero-order chi connectivity index (χ0) is 14.5. The Morgan fingerprint density at radius 3 is 2.58 bits per heavy atom. The van der Waals surface area contributed by atoms with Gasteiger partial charge in [-0.3, -0.25) is 0 Å². The van der Waals surface area contributed by atoms with E-state index >= 15 is 0 Å². The van der Waals surface area contributed by atoms with Crippen LogP contribution in [0.4, 0.5) is 0 Å². The molecule has 1 rings (SSSR count). The second-order valence-corrected chi connectivity index (χ2v) is 9.62. The Hall–Kier alpha value is 0.260. The van der Waals surface area contributed by atoms with Crippen LogP contribution in [0, 0.1) is 5.92 Å². The number of thioether (sulfide) groups is 1. The summed E-state index contributed by atoms with van der Waals surface area (Å²) >= 11 is 2.00. The number of nitrogens with one attached hydrogen (secondary N) is 1. The lowest BCUT2D eigenvalue weighted by Gasteiger charge is -2.34. The molecule has 3 nitrogen and oxygen atoms in total. The molecule has 0 aromatic carbocycles. The fourth-order valence-corrected chi connectivity index (χ4v) is 5.18. The van der Waals surface area contributed by atoms with Gasteiger partial charge in [0.05, 0.1) is 5.25 Å². The zero-order valence-electron chi connectivity index (χ0n) is 12.7. The number of sulfone groups is 1. The van der Waals surface area contributed by atoms with Crippen LogP contribution in [0.25, 0.3) is 0 Å². The van der Waals surface area contributed by atoms with Crippen molar-refractivity contribution in [3.63, 3.8) is 0 Å². The van der Waals surface area contributed by atoms with Crippen molar-refractivity contribution < 1.29 is 8.42 Å². The van der Waals surface area contributed by atoms with Gasteiger partial charge in [0.2, 0.25) is 0 Å². The maximum atomic E-state index is 11.7. The molecular weight excluding hydrogens is 278 g/mol. The molecular formula is C14H29NO2S2. The largest absolute Gasteiger partial charge is 0.316 e. The molecule has 4 atom stereocenters. The van der Waals surface area contributed by atoms with E-state index in [1.54, 1.807) is 0 Å². The van der Waals surface area contributed by atoms with Crippen LogP contribution < -0.4 is 5.32 Å². The smallest absolute Gasteiger partial charge is 0.150 e. The summed E-state index contributed by atoms with van der Waals surface area (Å²) in [5.74, 6) is 1.60. The number of hydrogen-bond donors (Lipinski definition) is 1. The molecule has 0 aromatic rings. The van der Waals surface area contributed by atoms with Crippen molar-refractivity contribution in [3.05, 3.63) is 0 Å². The Balaban J connectivity index is 2.55. The Kier molecular flexibility index (Phi) is 7.19. The van der Waals surface area contributed by atoms with Crippen molar-refractivity contribution >= 4 is 21.6 Å². The lowest BCUT2D eigenvalue weighted by atomic mass is 9.84. The van der Waals surface area contributed by atoms with E-state index in [1.807, 2.05) is 18.8 Å². The number of rotatable bonds is 7. The normalized spacial score (nSPS) is 28.0. The molecule has 1 aliphatic rings. The first kappa shape index (κ1) is 17.3. The summed E-state index contributed by atoms with van der Waals surface area (Å²) in [6, 6.07) is 0.448. The summed E-state index contributed by atoms with van der Waals surface area (Å²) in [6.45, 7) is 4.48. The molecule has 114 valence electrons. The van der Waals surface area contributed by atoms with Gasteiger partial charge in [0, 0.05) is 23.3 Å². The van der Waals surface area contributed by atoms with E-state index in [0.717, 1.165) is 25.0 Å². The quantitative estimate of drug-likeness (QED) is 0.785. The van der Waals surface area contributed by atoms with E-state index in [9.17, 15) is 8.42 Å². The van der Waals surface area contributed by atoms with Crippen LogP contribution in [0.2, 0.25) is 0 Å². The van der Waals surface area contributed by atoms with Crippen molar-refractivity contribution in [1.82, 2.24) is 5.32 Å². The molecule has 0 spiro atoms. The van der Waals surface area contributed by atoms with Gasteiger partial charge < -0.3 is 5.32 Å². The summed E-state index contributed by atoms with van der Waals surface area (Å²) in [7, 11) is -0.865. The first-order valence-electron chi connectivity index (χ1n) is 7.36. The van der Waals surface area contributed by atoms with Gasteiger partial charge in [-0.25, -0.2) is 8.42 Å². The molecule has 0 radical (unpaired) electrons. The first-order chi connectivity index (χ1) is 8.88. The highest BCUT2D eigenvalue weighted by atomic mass is 32.2. The molecule has 1 aliphatic carbocycles. The van der Waals surface area contributed by atoms with E-state index < -0.39 is 9.84 Å². The molecule has 0 aliphatic heterocycles. The highest BCUT2D eigenvalue weighted by Gasteiger charge is 2.32. The summed E-state index contributed by atoms with van der Waals surface area (Å²) in [6.07, 6.45) is 6.49. The third-order valence-corrected chi connectivity index (χ3v) is 7.44. The SMILES string of the molecule is CCC(C)SCC(NC)C1CCCC(S(C)(=O)=O)C1. The van der Waals surface area contributed by atoms with Gasteiger partial charge in [0.25, 0.3) is 0 Å². The molecule has 0 bridgehead atoms. The summed E-state index contributed by atoms with van der Waals surface area (Å²) < 4.78 is 23.5. The molecule has 0 heterocycles. The molecule has 0 saturated heterocycles. The van der Waals surface area contributed by atoms with E-state index in [4.69, 9.17) is 0 Å². The van der Waals surface area contributed by atoms with Crippen molar-refractivity contribution in [2.45, 2.75) is 62.5 Å². The number of hydrogen-bond acceptors (Lipinski definition) is 4. The Morgan fingerprint density at radius 2 is 2.05 bits per heavy atom. The fraction of sp³-hybridized carbons (Fsp3) is 1.00. The maximum Gasteiger partial charge on any atom is 0.150 e. The lowest BCUT2D eigenvalue weighted by molar-refractivity contribution is 0.295. The van der Waals surface area contributed by atoms with Crippen LogP contribution in [-0.4, -0.2) is 44.0 Å². The van der Waals surface area contributed by atoms with Crippen LogP contribution in [0.5, 0.6) is 0 Å². The molecule has 0 aromatic heterocycles. The Labute approximate surface area is 123 Å². The second-order valence-electron chi connectivity index (χ2n) is 5.83. The molecule has 1 saturated carbocycles. The van der Waals surface area contributed by atoms with Crippen LogP contribution in [0.15, 0.2) is 0 Å². The minimum atomic E-state index is -2.87. The van der Waals surface area contributed by atoms with Crippen molar-refractivity contribution in [3.8, 4) is 0 Å². The van der Waals surface area contributed by atoms with E-state index in [-0.39, 0.29) is 5.25 Å². The highest BCUT2D eigenvalue weighted by molar-refractivity contribution is 7.99. The van der Waals surface area contributed by atoms with Gasteiger partial charge in [-0.1, -0.05) is 20.3 Å². The third-order valence-electron chi connectivity index (χ3n) is 4.35. The van der Waals surface area contributed by atoms with E-state index in [2.05, 4.69) is 19.2 Å². The molecule has 4 unspecified atom stereocenters. The third kappa shape index (κ3) is 5.64.